The molecular formula is C11H16N4. The van der Waals surface area contributed by atoms with Crippen LogP contribution in [0.4, 0.5) is 0 Å². The van der Waals surface area contributed by atoms with Gasteiger partial charge in [0, 0.05) is 12.6 Å². The summed E-state index contributed by atoms with van der Waals surface area (Å²) in [6, 6.07) is 4.09. The molecule has 0 aliphatic heterocycles. The van der Waals surface area contributed by atoms with E-state index in [4.69, 9.17) is 0 Å². The van der Waals surface area contributed by atoms with Crippen LogP contribution in [0.5, 0.6) is 0 Å². The molecule has 0 aromatic carbocycles. The second-order valence-corrected chi connectivity index (χ2v) is 3.74. The Morgan fingerprint density at radius 3 is 3.13 bits per heavy atom. The molecule has 0 amide bonds. The monoisotopic (exact) mass is 204 g/mol. The van der Waals surface area contributed by atoms with Gasteiger partial charge in [-0.3, -0.25) is 0 Å². The maximum Gasteiger partial charge on any atom is 0.155 e. The van der Waals surface area contributed by atoms with Gasteiger partial charge in [0.1, 0.15) is 0 Å². The second kappa shape index (κ2) is 4.40. The van der Waals surface area contributed by atoms with E-state index in [1.807, 2.05) is 23.8 Å². The Morgan fingerprint density at radius 1 is 1.47 bits per heavy atom. The Kier molecular flexibility index (Phi) is 2.97. The zero-order valence-corrected chi connectivity index (χ0v) is 9.20. The summed E-state index contributed by atoms with van der Waals surface area (Å²) in [5.74, 6) is 0.927. The molecular weight excluding hydrogens is 188 g/mol. The molecule has 2 heterocycles. The number of nitrogens with zero attached hydrogens (tertiary/aromatic N) is 3. The quantitative estimate of drug-likeness (QED) is 0.761. The number of pyridine rings is 1. The highest BCUT2D eigenvalue weighted by Crippen LogP contribution is 2.05. The fourth-order valence-corrected chi connectivity index (χ4v) is 1.56. The van der Waals surface area contributed by atoms with Crippen molar-refractivity contribution < 1.29 is 0 Å². The van der Waals surface area contributed by atoms with Crippen LogP contribution in [0.3, 0.4) is 0 Å². The fourth-order valence-electron chi connectivity index (χ4n) is 1.56. The lowest BCUT2D eigenvalue weighted by molar-refractivity contribution is 0.701. The first-order chi connectivity index (χ1) is 7.29. The van der Waals surface area contributed by atoms with Crippen molar-refractivity contribution in [2.24, 2.45) is 0 Å². The van der Waals surface area contributed by atoms with E-state index < -0.39 is 0 Å². The molecule has 0 fully saturated rings. The van der Waals surface area contributed by atoms with Crippen molar-refractivity contribution in [1.29, 1.82) is 0 Å². The molecule has 0 spiro atoms. The predicted molar refractivity (Wildman–Crippen MR) is 60.0 cm³/mol. The van der Waals surface area contributed by atoms with Gasteiger partial charge in [0.05, 0.1) is 0 Å². The van der Waals surface area contributed by atoms with E-state index in [-0.39, 0.29) is 0 Å². The second-order valence-electron chi connectivity index (χ2n) is 3.74. The van der Waals surface area contributed by atoms with Crippen molar-refractivity contribution in [3.8, 4) is 0 Å². The molecule has 0 aliphatic rings. The van der Waals surface area contributed by atoms with Gasteiger partial charge in [-0.15, -0.1) is 0 Å². The Bertz CT molecular complexity index is 447. The zero-order chi connectivity index (χ0) is 10.7. The first kappa shape index (κ1) is 10.1. The highest BCUT2D eigenvalue weighted by atomic mass is 15.3. The maximum atomic E-state index is 4.47. The van der Waals surface area contributed by atoms with Crippen molar-refractivity contribution in [3.63, 3.8) is 0 Å². The Labute approximate surface area is 89.3 Å². The lowest BCUT2D eigenvalue weighted by Gasteiger charge is -1.93. The van der Waals surface area contributed by atoms with Crippen LogP contribution in [0.25, 0.3) is 5.65 Å². The summed E-state index contributed by atoms with van der Waals surface area (Å²) in [5.41, 5.74) is 2.16. The first-order valence-corrected chi connectivity index (χ1v) is 5.26. The minimum Gasteiger partial charge on any atom is -0.320 e. The molecule has 2 aromatic heterocycles. The van der Waals surface area contributed by atoms with Crippen LogP contribution in [-0.4, -0.2) is 28.2 Å². The van der Waals surface area contributed by atoms with Crippen LogP contribution in [-0.2, 0) is 6.42 Å². The Balaban J connectivity index is 2.16. The summed E-state index contributed by atoms with van der Waals surface area (Å²) < 4.78 is 1.84. The largest absolute Gasteiger partial charge is 0.320 e. The summed E-state index contributed by atoms with van der Waals surface area (Å²) in [5, 5.41) is 7.52. The number of aryl methyl sites for hydroxylation is 2. The Morgan fingerprint density at radius 2 is 2.33 bits per heavy atom. The molecule has 0 saturated carbocycles. The highest BCUT2D eigenvalue weighted by Gasteiger charge is 2.02. The van der Waals surface area contributed by atoms with Gasteiger partial charge in [-0.05, 0) is 44.6 Å². The van der Waals surface area contributed by atoms with Gasteiger partial charge in [0.25, 0.3) is 0 Å². The van der Waals surface area contributed by atoms with Crippen LogP contribution in [0, 0.1) is 6.92 Å². The standard InChI is InChI=1S/C11H16N4/c1-9-5-7-15-11(8-9)13-10(14-15)4-3-6-12-2/h5,7-8,12H,3-4,6H2,1-2H3. The summed E-state index contributed by atoms with van der Waals surface area (Å²) in [6.07, 6.45) is 3.97. The first-order valence-electron chi connectivity index (χ1n) is 5.26. The molecule has 0 radical (unpaired) electrons. The summed E-state index contributed by atoms with van der Waals surface area (Å²) in [6.45, 7) is 3.07. The third-order valence-corrected chi connectivity index (χ3v) is 2.36. The van der Waals surface area contributed by atoms with Crippen LogP contribution in [0.1, 0.15) is 17.8 Å². The highest BCUT2D eigenvalue weighted by molar-refractivity contribution is 5.39. The van der Waals surface area contributed by atoms with Gasteiger partial charge in [-0.2, -0.15) is 5.10 Å². The summed E-state index contributed by atoms with van der Waals surface area (Å²) >= 11 is 0. The zero-order valence-electron chi connectivity index (χ0n) is 9.20. The topological polar surface area (TPSA) is 42.2 Å². The van der Waals surface area contributed by atoms with Gasteiger partial charge in [0.2, 0.25) is 0 Å². The van der Waals surface area contributed by atoms with Crippen molar-refractivity contribution >= 4 is 5.65 Å². The van der Waals surface area contributed by atoms with E-state index >= 15 is 0 Å². The van der Waals surface area contributed by atoms with E-state index in [9.17, 15) is 0 Å². The molecule has 2 rings (SSSR count). The molecule has 0 saturated heterocycles. The molecule has 0 bridgehead atoms. The third-order valence-electron chi connectivity index (χ3n) is 2.36. The number of hydrogen-bond donors (Lipinski definition) is 1. The lowest BCUT2D eigenvalue weighted by atomic mass is 10.3. The number of nitrogens with one attached hydrogen (secondary N) is 1. The normalized spacial score (nSPS) is 11.1. The molecule has 4 heteroatoms. The van der Waals surface area contributed by atoms with E-state index in [0.717, 1.165) is 30.9 Å². The van der Waals surface area contributed by atoms with Crippen molar-refractivity contribution in [3.05, 3.63) is 29.7 Å². The van der Waals surface area contributed by atoms with E-state index in [2.05, 4.69) is 28.4 Å². The fraction of sp³-hybridized carbons (Fsp3) is 0.455. The van der Waals surface area contributed by atoms with Crippen molar-refractivity contribution in [2.75, 3.05) is 13.6 Å². The van der Waals surface area contributed by atoms with E-state index in [0.29, 0.717) is 0 Å². The van der Waals surface area contributed by atoms with Crippen LogP contribution in [0.2, 0.25) is 0 Å². The SMILES string of the molecule is CNCCCc1nc2cc(C)ccn2n1. The number of fused-ring (bicyclic) bond motifs is 1. The molecule has 80 valence electrons. The smallest absolute Gasteiger partial charge is 0.155 e. The molecule has 1 N–H and O–H groups in total. The molecule has 0 aliphatic carbocycles. The van der Waals surface area contributed by atoms with Gasteiger partial charge < -0.3 is 5.32 Å². The maximum absolute atomic E-state index is 4.47. The van der Waals surface area contributed by atoms with Gasteiger partial charge >= 0.3 is 0 Å². The van der Waals surface area contributed by atoms with E-state index in [1.54, 1.807) is 0 Å². The average molecular weight is 204 g/mol. The lowest BCUT2D eigenvalue weighted by Crippen LogP contribution is -2.08. The molecule has 0 unspecified atom stereocenters. The molecule has 4 nitrogen and oxygen atoms in total. The summed E-state index contributed by atoms with van der Waals surface area (Å²) in [7, 11) is 1.96. The number of aromatic nitrogens is 3. The molecule has 2 aromatic rings. The summed E-state index contributed by atoms with van der Waals surface area (Å²) in [4.78, 5) is 4.47. The van der Waals surface area contributed by atoms with Gasteiger partial charge in [-0.25, -0.2) is 9.50 Å². The average Bonchev–Trinajstić information content (AvgIpc) is 2.60. The van der Waals surface area contributed by atoms with E-state index in [1.165, 1.54) is 5.56 Å². The van der Waals surface area contributed by atoms with Crippen LogP contribution >= 0.6 is 0 Å². The predicted octanol–water partition coefficient (Wildman–Crippen LogP) is 1.19. The van der Waals surface area contributed by atoms with Gasteiger partial charge in [0.15, 0.2) is 11.5 Å². The Hall–Kier alpha value is -1.42. The third kappa shape index (κ3) is 2.33. The van der Waals surface area contributed by atoms with Crippen LogP contribution in [0.15, 0.2) is 18.3 Å². The number of hydrogen-bond acceptors (Lipinski definition) is 3. The van der Waals surface area contributed by atoms with Crippen LogP contribution < -0.4 is 5.32 Å². The molecule has 15 heavy (non-hydrogen) atoms. The minimum atomic E-state index is 0.927. The number of rotatable bonds is 4. The van der Waals surface area contributed by atoms with Crippen molar-refractivity contribution in [1.82, 2.24) is 19.9 Å². The molecule has 0 atom stereocenters. The minimum absolute atomic E-state index is 0.927. The van der Waals surface area contributed by atoms with Crippen molar-refractivity contribution in [2.45, 2.75) is 19.8 Å². The van der Waals surface area contributed by atoms with Gasteiger partial charge in [-0.1, -0.05) is 0 Å².